The molecule has 1 rings (SSSR count). The third kappa shape index (κ3) is 3.58. The largest absolute Gasteiger partial charge is 0.465 e. The molecule has 0 spiro atoms. The molecule has 1 unspecified atom stereocenters. The van der Waals surface area contributed by atoms with Gasteiger partial charge in [-0.25, -0.2) is 4.79 Å². The zero-order valence-electron chi connectivity index (χ0n) is 11.0. The SMILES string of the molecule is CCCC(C)C(=O)Nc1ccccc1C(=O)OC. The van der Waals surface area contributed by atoms with Gasteiger partial charge in [-0.2, -0.15) is 0 Å². The number of para-hydroxylation sites is 1. The highest BCUT2D eigenvalue weighted by molar-refractivity contribution is 6.01. The lowest BCUT2D eigenvalue weighted by Crippen LogP contribution is -2.21. The van der Waals surface area contributed by atoms with Crippen molar-refractivity contribution in [1.82, 2.24) is 0 Å². The fourth-order valence-electron chi connectivity index (χ4n) is 1.70. The van der Waals surface area contributed by atoms with Gasteiger partial charge in [-0.1, -0.05) is 32.4 Å². The van der Waals surface area contributed by atoms with Crippen molar-refractivity contribution in [2.45, 2.75) is 26.7 Å². The number of hydrogen-bond donors (Lipinski definition) is 1. The Kier molecular flexibility index (Phi) is 5.36. The van der Waals surface area contributed by atoms with E-state index in [1.165, 1.54) is 7.11 Å². The zero-order chi connectivity index (χ0) is 13.5. The predicted molar refractivity (Wildman–Crippen MR) is 70.5 cm³/mol. The summed E-state index contributed by atoms with van der Waals surface area (Å²) in [7, 11) is 1.32. The maximum Gasteiger partial charge on any atom is 0.339 e. The average molecular weight is 249 g/mol. The highest BCUT2D eigenvalue weighted by Crippen LogP contribution is 2.18. The normalized spacial score (nSPS) is 11.7. The van der Waals surface area contributed by atoms with E-state index in [-0.39, 0.29) is 11.8 Å². The third-order valence-corrected chi connectivity index (χ3v) is 2.76. The molecule has 1 atom stereocenters. The van der Waals surface area contributed by atoms with E-state index >= 15 is 0 Å². The zero-order valence-corrected chi connectivity index (χ0v) is 11.0. The molecule has 0 saturated carbocycles. The van der Waals surface area contributed by atoms with Gasteiger partial charge in [0.15, 0.2) is 0 Å². The molecule has 0 radical (unpaired) electrons. The molecule has 1 amide bonds. The Labute approximate surface area is 107 Å². The molecule has 1 N–H and O–H groups in total. The van der Waals surface area contributed by atoms with Gasteiger partial charge in [-0.15, -0.1) is 0 Å². The predicted octanol–water partition coefficient (Wildman–Crippen LogP) is 2.85. The summed E-state index contributed by atoms with van der Waals surface area (Å²) in [6.45, 7) is 3.91. The van der Waals surface area contributed by atoms with Crippen LogP contribution in [0.2, 0.25) is 0 Å². The van der Waals surface area contributed by atoms with Crippen molar-refractivity contribution in [1.29, 1.82) is 0 Å². The molecule has 18 heavy (non-hydrogen) atoms. The maximum absolute atomic E-state index is 11.9. The van der Waals surface area contributed by atoms with Crippen LogP contribution in [0.1, 0.15) is 37.0 Å². The summed E-state index contributed by atoms with van der Waals surface area (Å²) < 4.78 is 4.68. The fourth-order valence-corrected chi connectivity index (χ4v) is 1.70. The molecule has 0 saturated heterocycles. The van der Waals surface area contributed by atoms with Gasteiger partial charge < -0.3 is 10.1 Å². The number of hydrogen-bond acceptors (Lipinski definition) is 3. The molecular formula is C14H19NO3. The molecule has 1 aromatic rings. The maximum atomic E-state index is 11.9. The Bertz CT molecular complexity index is 429. The standard InChI is InChI=1S/C14H19NO3/c1-4-7-10(2)13(16)15-12-9-6-5-8-11(12)14(17)18-3/h5-6,8-10H,4,7H2,1-3H3,(H,15,16). The van der Waals surface area contributed by atoms with Crippen molar-refractivity contribution in [3.63, 3.8) is 0 Å². The molecule has 0 bridgehead atoms. The first-order valence-corrected chi connectivity index (χ1v) is 6.08. The van der Waals surface area contributed by atoms with Crippen LogP contribution in [0.5, 0.6) is 0 Å². The average Bonchev–Trinajstić information content (AvgIpc) is 2.38. The Hall–Kier alpha value is -1.84. The second-order valence-electron chi connectivity index (χ2n) is 4.22. The van der Waals surface area contributed by atoms with Gasteiger partial charge in [0.05, 0.1) is 18.4 Å². The first-order chi connectivity index (χ1) is 8.60. The van der Waals surface area contributed by atoms with Crippen molar-refractivity contribution in [2.24, 2.45) is 5.92 Å². The smallest absolute Gasteiger partial charge is 0.339 e. The minimum atomic E-state index is -0.450. The minimum absolute atomic E-state index is 0.0688. The number of anilines is 1. The van der Waals surface area contributed by atoms with Crippen LogP contribution in [-0.4, -0.2) is 19.0 Å². The number of carbonyl (C=O) groups is 2. The molecule has 0 heterocycles. The van der Waals surface area contributed by atoms with Crippen LogP contribution in [0.3, 0.4) is 0 Å². The molecular weight excluding hydrogens is 230 g/mol. The molecule has 0 aliphatic heterocycles. The number of carbonyl (C=O) groups excluding carboxylic acids is 2. The van der Waals surface area contributed by atoms with E-state index < -0.39 is 5.97 Å². The highest BCUT2D eigenvalue weighted by atomic mass is 16.5. The van der Waals surface area contributed by atoms with Crippen molar-refractivity contribution >= 4 is 17.6 Å². The van der Waals surface area contributed by atoms with Crippen molar-refractivity contribution < 1.29 is 14.3 Å². The van der Waals surface area contributed by atoms with Gasteiger partial charge in [-0.3, -0.25) is 4.79 Å². The number of rotatable bonds is 5. The quantitative estimate of drug-likeness (QED) is 0.816. The van der Waals surface area contributed by atoms with Crippen LogP contribution in [-0.2, 0) is 9.53 Å². The first-order valence-electron chi connectivity index (χ1n) is 6.08. The second kappa shape index (κ2) is 6.79. The summed E-state index contributed by atoms with van der Waals surface area (Å²) in [5, 5.41) is 2.77. The van der Waals surface area contributed by atoms with Crippen LogP contribution < -0.4 is 5.32 Å². The molecule has 4 heteroatoms. The molecule has 0 aliphatic rings. The summed E-state index contributed by atoms with van der Waals surface area (Å²) in [6, 6.07) is 6.83. The molecule has 0 aromatic heterocycles. The van der Waals surface area contributed by atoms with Gasteiger partial charge in [0.2, 0.25) is 5.91 Å². The van der Waals surface area contributed by atoms with Gasteiger partial charge in [-0.05, 0) is 18.6 Å². The van der Waals surface area contributed by atoms with Crippen LogP contribution in [0.25, 0.3) is 0 Å². The number of amides is 1. The van der Waals surface area contributed by atoms with Gasteiger partial charge in [0.1, 0.15) is 0 Å². The summed E-state index contributed by atoms with van der Waals surface area (Å²) in [6.07, 6.45) is 1.78. The molecule has 1 aromatic carbocycles. The van der Waals surface area contributed by atoms with Crippen molar-refractivity contribution in [3.05, 3.63) is 29.8 Å². The van der Waals surface area contributed by atoms with E-state index in [1.807, 2.05) is 13.8 Å². The van der Waals surface area contributed by atoms with Crippen molar-refractivity contribution in [3.8, 4) is 0 Å². The molecule has 98 valence electrons. The van der Waals surface area contributed by atoms with E-state index in [9.17, 15) is 9.59 Å². The Morgan fingerprint density at radius 1 is 1.33 bits per heavy atom. The monoisotopic (exact) mass is 249 g/mol. The number of ether oxygens (including phenoxy) is 1. The third-order valence-electron chi connectivity index (χ3n) is 2.76. The highest BCUT2D eigenvalue weighted by Gasteiger charge is 2.16. The van der Waals surface area contributed by atoms with E-state index in [0.29, 0.717) is 11.3 Å². The lowest BCUT2D eigenvalue weighted by molar-refractivity contribution is -0.119. The van der Waals surface area contributed by atoms with Gasteiger partial charge >= 0.3 is 5.97 Å². The lowest BCUT2D eigenvalue weighted by atomic mass is 10.0. The van der Waals surface area contributed by atoms with Crippen LogP contribution in [0, 0.1) is 5.92 Å². The summed E-state index contributed by atoms with van der Waals surface area (Å²) in [4.78, 5) is 23.4. The van der Waals surface area contributed by atoms with Crippen LogP contribution in [0.4, 0.5) is 5.69 Å². The van der Waals surface area contributed by atoms with Crippen LogP contribution in [0.15, 0.2) is 24.3 Å². The summed E-state index contributed by atoms with van der Waals surface area (Å²) in [5.74, 6) is -0.594. The van der Waals surface area contributed by atoms with E-state index in [0.717, 1.165) is 12.8 Å². The molecule has 0 fully saturated rings. The second-order valence-corrected chi connectivity index (χ2v) is 4.22. The Morgan fingerprint density at radius 2 is 2.00 bits per heavy atom. The molecule has 4 nitrogen and oxygen atoms in total. The van der Waals surface area contributed by atoms with Crippen LogP contribution >= 0.6 is 0 Å². The number of nitrogens with one attached hydrogen (secondary N) is 1. The Morgan fingerprint density at radius 3 is 2.61 bits per heavy atom. The first kappa shape index (κ1) is 14.2. The van der Waals surface area contributed by atoms with E-state index in [2.05, 4.69) is 10.1 Å². The summed E-state index contributed by atoms with van der Waals surface area (Å²) >= 11 is 0. The number of methoxy groups -OCH3 is 1. The lowest BCUT2D eigenvalue weighted by Gasteiger charge is -2.13. The van der Waals surface area contributed by atoms with Gasteiger partial charge in [0, 0.05) is 5.92 Å². The minimum Gasteiger partial charge on any atom is -0.465 e. The fraction of sp³-hybridized carbons (Fsp3) is 0.429. The summed E-state index contributed by atoms with van der Waals surface area (Å²) in [5.41, 5.74) is 0.870. The van der Waals surface area contributed by atoms with E-state index in [4.69, 9.17) is 0 Å². The molecule has 0 aliphatic carbocycles. The van der Waals surface area contributed by atoms with E-state index in [1.54, 1.807) is 24.3 Å². The van der Waals surface area contributed by atoms with Gasteiger partial charge in [0.25, 0.3) is 0 Å². The number of esters is 1. The number of benzene rings is 1. The Balaban J connectivity index is 2.84. The van der Waals surface area contributed by atoms with Crippen molar-refractivity contribution in [2.75, 3.05) is 12.4 Å². The topological polar surface area (TPSA) is 55.4 Å².